The van der Waals surface area contributed by atoms with Crippen molar-refractivity contribution in [3.05, 3.63) is 63.4 Å². The van der Waals surface area contributed by atoms with Gasteiger partial charge in [-0.3, -0.25) is 0 Å². The van der Waals surface area contributed by atoms with E-state index < -0.39 is 12.1 Å². The predicted octanol–water partition coefficient (Wildman–Crippen LogP) is 4.10. The number of carboxylic acids is 1. The summed E-state index contributed by atoms with van der Waals surface area (Å²) in [7, 11) is 0. The zero-order valence-electron chi connectivity index (χ0n) is 14.3. The molecule has 4 rings (SSSR count). The Hall–Kier alpha value is -3.02. The average molecular weight is 354 g/mol. The van der Waals surface area contributed by atoms with Crippen LogP contribution in [0.2, 0.25) is 0 Å². The molecule has 3 aromatic rings. The van der Waals surface area contributed by atoms with Crippen molar-refractivity contribution in [3.63, 3.8) is 0 Å². The average Bonchev–Trinajstić information content (AvgIpc) is 3.12. The van der Waals surface area contributed by atoms with Crippen molar-refractivity contribution < 1.29 is 23.5 Å². The van der Waals surface area contributed by atoms with Gasteiger partial charge in [-0.2, -0.15) is 0 Å². The molecule has 0 aliphatic heterocycles. The number of aryl methyl sites for hydroxylation is 1. The molecule has 1 atom stereocenters. The maximum atomic E-state index is 12.2. The third-order valence-corrected chi connectivity index (χ3v) is 4.75. The Morgan fingerprint density at radius 1 is 1.12 bits per heavy atom. The number of rotatable bonds is 4. The number of carboxylic acid groups (broad SMARTS) is 1. The lowest BCUT2D eigenvalue weighted by atomic mass is 9.91. The molecule has 1 aromatic carbocycles. The minimum absolute atomic E-state index is 0.133. The summed E-state index contributed by atoms with van der Waals surface area (Å²) >= 11 is 0. The fourth-order valence-electron chi connectivity index (χ4n) is 3.45. The van der Waals surface area contributed by atoms with Gasteiger partial charge in [-0.25, -0.2) is 9.59 Å². The highest BCUT2D eigenvalue weighted by atomic mass is 16.5. The SMILES string of the molecule is CC(Oc1ccc2c3c(c(=O)oc2c1)CCCC3)c1ccc(C(=O)O)o1. The van der Waals surface area contributed by atoms with Crippen molar-refractivity contribution in [1.82, 2.24) is 0 Å². The first-order valence-corrected chi connectivity index (χ1v) is 8.61. The van der Waals surface area contributed by atoms with E-state index in [4.69, 9.17) is 18.7 Å². The van der Waals surface area contributed by atoms with E-state index in [0.29, 0.717) is 17.1 Å². The molecular weight excluding hydrogens is 336 g/mol. The molecule has 2 aromatic heterocycles. The lowest BCUT2D eigenvalue weighted by Crippen LogP contribution is -2.15. The molecule has 0 fully saturated rings. The van der Waals surface area contributed by atoms with Crippen LogP contribution in [0.4, 0.5) is 0 Å². The molecule has 26 heavy (non-hydrogen) atoms. The third kappa shape index (κ3) is 2.87. The summed E-state index contributed by atoms with van der Waals surface area (Å²) in [4.78, 5) is 23.1. The van der Waals surface area contributed by atoms with E-state index in [-0.39, 0.29) is 11.4 Å². The van der Waals surface area contributed by atoms with Gasteiger partial charge in [-0.1, -0.05) is 0 Å². The Balaban J connectivity index is 1.65. The van der Waals surface area contributed by atoms with Crippen molar-refractivity contribution in [2.24, 2.45) is 0 Å². The first-order chi connectivity index (χ1) is 12.5. The number of carbonyl (C=O) groups is 1. The fourth-order valence-corrected chi connectivity index (χ4v) is 3.45. The minimum Gasteiger partial charge on any atom is -0.483 e. The number of hydrogen-bond donors (Lipinski definition) is 1. The Kier molecular flexibility index (Phi) is 4.03. The summed E-state index contributed by atoms with van der Waals surface area (Å²) < 4.78 is 16.6. The zero-order valence-corrected chi connectivity index (χ0v) is 14.3. The highest BCUT2D eigenvalue weighted by Gasteiger charge is 2.19. The van der Waals surface area contributed by atoms with Crippen LogP contribution in [0.25, 0.3) is 11.0 Å². The summed E-state index contributed by atoms with van der Waals surface area (Å²) in [6.45, 7) is 1.76. The van der Waals surface area contributed by atoms with Gasteiger partial charge < -0.3 is 18.7 Å². The highest BCUT2D eigenvalue weighted by Crippen LogP contribution is 2.31. The molecule has 0 amide bonds. The first-order valence-electron chi connectivity index (χ1n) is 8.61. The van der Waals surface area contributed by atoms with E-state index >= 15 is 0 Å². The molecule has 0 saturated carbocycles. The predicted molar refractivity (Wildman–Crippen MR) is 93.8 cm³/mol. The van der Waals surface area contributed by atoms with E-state index in [1.165, 1.54) is 6.07 Å². The van der Waals surface area contributed by atoms with Crippen LogP contribution in [0.1, 0.15) is 53.3 Å². The summed E-state index contributed by atoms with van der Waals surface area (Å²) in [5.41, 5.74) is 2.11. The molecule has 134 valence electrons. The lowest BCUT2D eigenvalue weighted by Gasteiger charge is -2.17. The van der Waals surface area contributed by atoms with Crippen molar-refractivity contribution in [2.75, 3.05) is 0 Å². The Bertz CT molecular complexity index is 1040. The molecule has 1 N–H and O–H groups in total. The van der Waals surface area contributed by atoms with Crippen molar-refractivity contribution in [1.29, 1.82) is 0 Å². The van der Waals surface area contributed by atoms with E-state index in [1.807, 2.05) is 12.1 Å². The second kappa shape index (κ2) is 6.37. The normalized spacial score (nSPS) is 14.8. The fraction of sp³-hybridized carbons (Fsp3) is 0.300. The number of aromatic carboxylic acids is 1. The summed E-state index contributed by atoms with van der Waals surface area (Å²) in [6.07, 6.45) is 3.27. The Morgan fingerprint density at radius 2 is 1.88 bits per heavy atom. The van der Waals surface area contributed by atoms with E-state index in [2.05, 4.69) is 0 Å². The molecule has 0 radical (unpaired) electrons. The summed E-state index contributed by atoms with van der Waals surface area (Å²) in [5.74, 6) is -0.320. The molecule has 1 aliphatic rings. The molecular formula is C20H18O6. The van der Waals surface area contributed by atoms with Gasteiger partial charge >= 0.3 is 11.6 Å². The van der Waals surface area contributed by atoms with Crippen LogP contribution in [-0.4, -0.2) is 11.1 Å². The largest absolute Gasteiger partial charge is 0.483 e. The first kappa shape index (κ1) is 16.4. The third-order valence-electron chi connectivity index (χ3n) is 4.75. The van der Waals surface area contributed by atoms with Crippen LogP contribution < -0.4 is 10.4 Å². The molecule has 2 heterocycles. The van der Waals surface area contributed by atoms with Crippen molar-refractivity contribution in [2.45, 2.75) is 38.7 Å². The van der Waals surface area contributed by atoms with E-state index in [1.54, 1.807) is 19.1 Å². The topological polar surface area (TPSA) is 89.9 Å². The molecule has 0 spiro atoms. The quantitative estimate of drug-likeness (QED) is 0.709. The standard InChI is InChI=1S/C20H18O6/c1-11(16-8-9-17(25-16)19(21)22)24-12-6-7-14-13-4-2-3-5-15(13)20(23)26-18(14)10-12/h6-11H,2-5H2,1H3,(H,21,22). The van der Waals surface area contributed by atoms with Crippen LogP contribution >= 0.6 is 0 Å². The van der Waals surface area contributed by atoms with Crippen LogP contribution in [0.15, 0.2) is 44.0 Å². The molecule has 6 nitrogen and oxygen atoms in total. The van der Waals surface area contributed by atoms with Crippen LogP contribution in [0.5, 0.6) is 5.75 Å². The maximum absolute atomic E-state index is 12.2. The number of benzene rings is 1. The summed E-state index contributed by atoms with van der Waals surface area (Å²) in [5, 5.41) is 9.88. The van der Waals surface area contributed by atoms with Gasteiger partial charge in [0.15, 0.2) is 6.10 Å². The Morgan fingerprint density at radius 3 is 2.62 bits per heavy atom. The van der Waals surface area contributed by atoms with Gasteiger partial charge in [-0.15, -0.1) is 0 Å². The molecule has 1 aliphatic carbocycles. The van der Waals surface area contributed by atoms with Gasteiger partial charge in [0, 0.05) is 17.0 Å². The van der Waals surface area contributed by atoms with Crippen LogP contribution in [0.3, 0.4) is 0 Å². The number of hydrogen-bond acceptors (Lipinski definition) is 5. The molecule has 1 unspecified atom stereocenters. The second-order valence-electron chi connectivity index (χ2n) is 6.48. The van der Waals surface area contributed by atoms with Crippen LogP contribution in [-0.2, 0) is 12.8 Å². The smallest absolute Gasteiger partial charge is 0.371 e. The van der Waals surface area contributed by atoms with Gasteiger partial charge in [0.25, 0.3) is 0 Å². The van der Waals surface area contributed by atoms with E-state index in [0.717, 1.165) is 42.2 Å². The monoisotopic (exact) mass is 354 g/mol. The Labute approximate surface area is 149 Å². The van der Waals surface area contributed by atoms with Gasteiger partial charge in [-0.05, 0) is 62.4 Å². The lowest BCUT2D eigenvalue weighted by molar-refractivity contribution is 0.0655. The highest BCUT2D eigenvalue weighted by molar-refractivity contribution is 5.84. The van der Waals surface area contributed by atoms with Crippen LogP contribution in [0, 0.1) is 0 Å². The minimum atomic E-state index is -1.12. The number of fused-ring (bicyclic) bond motifs is 3. The molecule has 0 saturated heterocycles. The van der Waals surface area contributed by atoms with Crippen molar-refractivity contribution >= 4 is 16.9 Å². The number of furan rings is 1. The molecule has 6 heteroatoms. The van der Waals surface area contributed by atoms with E-state index in [9.17, 15) is 9.59 Å². The number of ether oxygens (including phenoxy) is 1. The van der Waals surface area contributed by atoms with Crippen molar-refractivity contribution in [3.8, 4) is 5.75 Å². The van der Waals surface area contributed by atoms with Gasteiger partial charge in [0.2, 0.25) is 5.76 Å². The zero-order chi connectivity index (χ0) is 18.3. The van der Waals surface area contributed by atoms with Gasteiger partial charge in [0.05, 0.1) is 0 Å². The second-order valence-corrected chi connectivity index (χ2v) is 6.48. The molecule has 0 bridgehead atoms. The maximum Gasteiger partial charge on any atom is 0.371 e. The van der Waals surface area contributed by atoms with Gasteiger partial charge in [0.1, 0.15) is 17.1 Å². The summed E-state index contributed by atoms with van der Waals surface area (Å²) in [6, 6.07) is 8.40.